The second-order valence-electron chi connectivity index (χ2n) is 6.14. The quantitative estimate of drug-likeness (QED) is 0.286. The summed E-state index contributed by atoms with van der Waals surface area (Å²) in [6, 6.07) is 4.44. The standard InChI is InChI=1S/C16H24N2O4/c1-16(18-17,10-11-7-8-13(19)14(20)9-11)15(21)22-12-5-3-2-4-6-12/h7-9,12,18-20H,2-6,10,17H2,1H3/t16-/m0/s1. The number of nitrogens with two attached hydrogens (primary N) is 1. The highest BCUT2D eigenvalue weighted by atomic mass is 16.5. The average Bonchev–Trinajstić information content (AvgIpc) is 2.52. The van der Waals surface area contributed by atoms with Crippen LogP contribution in [0.1, 0.15) is 44.6 Å². The van der Waals surface area contributed by atoms with E-state index < -0.39 is 11.5 Å². The van der Waals surface area contributed by atoms with Gasteiger partial charge in [-0.2, -0.15) is 0 Å². The minimum Gasteiger partial charge on any atom is -0.504 e. The lowest BCUT2D eigenvalue weighted by molar-refractivity contribution is -0.158. The van der Waals surface area contributed by atoms with E-state index in [2.05, 4.69) is 5.43 Å². The van der Waals surface area contributed by atoms with Crippen LogP contribution in [0.25, 0.3) is 0 Å². The number of hydrogen-bond donors (Lipinski definition) is 4. The number of nitrogens with one attached hydrogen (secondary N) is 1. The molecule has 6 heteroatoms. The van der Waals surface area contributed by atoms with Crippen LogP contribution in [0.4, 0.5) is 0 Å². The maximum atomic E-state index is 12.4. The van der Waals surface area contributed by atoms with Crippen molar-refractivity contribution in [3.05, 3.63) is 23.8 Å². The van der Waals surface area contributed by atoms with Gasteiger partial charge in [-0.05, 0) is 50.3 Å². The molecule has 5 N–H and O–H groups in total. The zero-order valence-electron chi connectivity index (χ0n) is 12.8. The Morgan fingerprint density at radius 3 is 2.59 bits per heavy atom. The molecule has 1 aromatic carbocycles. The van der Waals surface area contributed by atoms with Crippen molar-refractivity contribution in [3.63, 3.8) is 0 Å². The van der Waals surface area contributed by atoms with E-state index in [0.29, 0.717) is 5.56 Å². The van der Waals surface area contributed by atoms with Gasteiger partial charge in [0.25, 0.3) is 0 Å². The molecule has 1 atom stereocenters. The van der Waals surface area contributed by atoms with Crippen LogP contribution in [0, 0.1) is 0 Å². The van der Waals surface area contributed by atoms with E-state index in [-0.39, 0.29) is 24.0 Å². The molecule has 0 heterocycles. The van der Waals surface area contributed by atoms with E-state index in [9.17, 15) is 15.0 Å². The summed E-state index contributed by atoms with van der Waals surface area (Å²) < 4.78 is 5.58. The predicted molar refractivity (Wildman–Crippen MR) is 82.2 cm³/mol. The van der Waals surface area contributed by atoms with E-state index in [1.54, 1.807) is 13.0 Å². The molecule has 1 fully saturated rings. The summed E-state index contributed by atoms with van der Waals surface area (Å²) >= 11 is 0. The van der Waals surface area contributed by atoms with E-state index in [1.165, 1.54) is 18.6 Å². The van der Waals surface area contributed by atoms with Gasteiger partial charge in [0, 0.05) is 6.42 Å². The highest BCUT2D eigenvalue weighted by molar-refractivity contribution is 5.81. The van der Waals surface area contributed by atoms with Gasteiger partial charge in [0.15, 0.2) is 11.5 Å². The first-order valence-electron chi connectivity index (χ1n) is 7.64. The Morgan fingerprint density at radius 1 is 1.32 bits per heavy atom. The molecular weight excluding hydrogens is 284 g/mol. The minimum atomic E-state index is -1.08. The summed E-state index contributed by atoms with van der Waals surface area (Å²) in [5, 5.41) is 18.9. The lowest BCUT2D eigenvalue weighted by Crippen LogP contribution is -2.56. The minimum absolute atomic E-state index is 0.0397. The van der Waals surface area contributed by atoms with Crippen molar-refractivity contribution in [1.29, 1.82) is 0 Å². The van der Waals surface area contributed by atoms with Crippen molar-refractivity contribution in [2.75, 3.05) is 0 Å². The summed E-state index contributed by atoms with van der Waals surface area (Å²) in [6.45, 7) is 1.67. The van der Waals surface area contributed by atoms with E-state index in [0.717, 1.165) is 25.7 Å². The van der Waals surface area contributed by atoms with Gasteiger partial charge in [0.2, 0.25) is 0 Å². The van der Waals surface area contributed by atoms with E-state index >= 15 is 0 Å². The topological polar surface area (TPSA) is 105 Å². The van der Waals surface area contributed by atoms with E-state index in [1.807, 2.05) is 0 Å². The first kappa shape index (κ1) is 16.6. The maximum absolute atomic E-state index is 12.4. The Kier molecular flexibility index (Phi) is 5.26. The van der Waals surface area contributed by atoms with Crippen molar-refractivity contribution in [2.45, 2.75) is 57.1 Å². The third-order valence-electron chi connectivity index (χ3n) is 4.19. The molecule has 1 saturated carbocycles. The fraction of sp³-hybridized carbons (Fsp3) is 0.562. The fourth-order valence-corrected chi connectivity index (χ4v) is 2.73. The number of rotatable bonds is 5. The summed E-state index contributed by atoms with van der Waals surface area (Å²) in [4.78, 5) is 12.4. The molecule has 0 aromatic heterocycles. The number of hydrazine groups is 1. The molecule has 0 saturated heterocycles. The van der Waals surface area contributed by atoms with Gasteiger partial charge in [0.05, 0.1) is 0 Å². The number of carbonyl (C=O) groups excluding carboxylic acids is 1. The highest BCUT2D eigenvalue weighted by Crippen LogP contribution is 2.28. The average molecular weight is 308 g/mol. The smallest absolute Gasteiger partial charge is 0.327 e. The van der Waals surface area contributed by atoms with Crippen LogP contribution < -0.4 is 11.3 Å². The van der Waals surface area contributed by atoms with Gasteiger partial charge < -0.3 is 14.9 Å². The molecule has 0 aliphatic heterocycles. The summed E-state index contributed by atoms with van der Waals surface area (Å²) in [5.41, 5.74) is 2.13. The highest BCUT2D eigenvalue weighted by Gasteiger charge is 2.36. The molecule has 1 aliphatic rings. The molecule has 122 valence electrons. The lowest BCUT2D eigenvalue weighted by atomic mass is 9.92. The van der Waals surface area contributed by atoms with Crippen molar-refractivity contribution in [2.24, 2.45) is 5.84 Å². The first-order chi connectivity index (χ1) is 10.4. The number of esters is 1. The van der Waals surface area contributed by atoms with Gasteiger partial charge in [-0.1, -0.05) is 12.5 Å². The number of benzene rings is 1. The Labute approximate surface area is 130 Å². The van der Waals surface area contributed by atoms with Crippen molar-refractivity contribution >= 4 is 5.97 Å². The Balaban J connectivity index is 2.05. The van der Waals surface area contributed by atoms with Crippen LogP contribution in [0.3, 0.4) is 0 Å². The number of carbonyl (C=O) groups is 1. The van der Waals surface area contributed by atoms with Crippen molar-refractivity contribution < 1.29 is 19.7 Å². The number of aromatic hydroxyl groups is 2. The van der Waals surface area contributed by atoms with Crippen LogP contribution in [0.15, 0.2) is 18.2 Å². The molecule has 1 aromatic rings. The van der Waals surface area contributed by atoms with Crippen LogP contribution in [0.5, 0.6) is 11.5 Å². The lowest BCUT2D eigenvalue weighted by Gasteiger charge is -2.30. The van der Waals surface area contributed by atoms with Crippen molar-refractivity contribution in [3.8, 4) is 11.5 Å². The molecule has 0 spiro atoms. The predicted octanol–water partition coefficient (Wildman–Crippen LogP) is 1.74. The largest absolute Gasteiger partial charge is 0.504 e. The van der Waals surface area contributed by atoms with Crippen molar-refractivity contribution in [1.82, 2.24) is 5.43 Å². The van der Waals surface area contributed by atoms with Crippen LogP contribution >= 0.6 is 0 Å². The monoisotopic (exact) mass is 308 g/mol. The molecule has 0 unspecified atom stereocenters. The Morgan fingerprint density at radius 2 is 2.00 bits per heavy atom. The Bertz CT molecular complexity index is 529. The molecule has 2 rings (SSSR count). The second-order valence-corrected chi connectivity index (χ2v) is 6.14. The molecule has 6 nitrogen and oxygen atoms in total. The van der Waals surface area contributed by atoms with Crippen LogP contribution in [-0.4, -0.2) is 27.8 Å². The fourth-order valence-electron chi connectivity index (χ4n) is 2.73. The van der Waals surface area contributed by atoms with E-state index in [4.69, 9.17) is 10.6 Å². The number of hydrogen-bond acceptors (Lipinski definition) is 6. The van der Waals surface area contributed by atoms with Crippen LogP contribution in [0.2, 0.25) is 0 Å². The molecule has 22 heavy (non-hydrogen) atoms. The van der Waals surface area contributed by atoms with Gasteiger partial charge in [0.1, 0.15) is 11.6 Å². The second kappa shape index (κ2) is 6.98. The van der Waals surface area contributed by atoms with Gasteiger partial charge in [-0.15, -0.1) is 0 Å². The summed E-state index contributed by atoms with van der Waals surface area (Å²) in [7, 11) is 0. The van der Waals surface area contributed by atoms with Gasteiger partial charge in [-0.25, -0.2) is 10.2 Å². The zero-order chi connectivity index (χ0) is 16.2. The third-order valence-corrected chi connectivity index (χ3v) is 4.19. The molecule has 1 aliphatic carbocycles. The number of ether oxygens (including phenoxy) is 1. The summed E-state index contributed by atoms with van der Waals surface area (Å²) in [6.07, 6.45) is 5.35. The SMILES string of the molecule is C[C@@](Cc1ccc(O)c(O)c1)(NN)C(=O)OC1CCCCC1. The molecule has 0 bridgehead atoms. The first-order valence-corrected chi connectivity index (χ1v) is 7.64. The number of phenols is 2. The Hall–Kier alpha value is -1.79. The normalized spacial score (nSPS) is 18.6. The molecule has 0 amide bonds. The molecule has 0 radical (unpaired) electrons. The molecular formula is C16H24N2O4. The maximum Gasteiger partial charge on any atom is 0.327 e. The number of phenolic OH excluding ortho intramolecular Hbond substituents is 2. The van der Waals surface area contributed by atoms with Crippen LogP contribution in [-0.2, 0) is 16.0 Å². The summed E-state index contributed by atoms with van der Waals surface area (Å²) in [5.74, 6) is 4.75. The van der Waals surface area contributed by atoms with Gasteiger partial charge >= 0.3 is 5.97 Å². The van der Waals surface area contributed by atoms with Gasteiger partial charge in [-0.3, -0.25) is 5.84 Å². The third kappa shape index (κ3) is 3.90. The zero-order valence-corrected chi connectivity index (χ0v) is 12.8.